The van der Waals surface area contributed by atoms with Gasteiger partial charge in [0.2, 0.25) is 0 Å². The Bertz CT molecular complexity index is 883. The van der Waals surface area contributed by atoms with E-state index in [0.29, 0.717) is 12.2 Å². The number of benzene rings is 3. The topological polar surface area (TPSA) is 46.5 Å². The highest BCUT2D eigenvalue weighted by Gasteiger charge is 2.20. The van der Waals surface area contributed by atoms with E-state index in [-0.39, 0.29) is 0 Å². The maximum atomic E-state index is 11.6. The Balaban J connectivity index is 1.82. The molecular weight excluding hydrogens is 300 g/mol. The number of aryl methyl sites for hydroxylation is 2. The predicted molar refractivity (Wildman–Crippen MR) is 95.6 cm³/mol. The molecule has 0 radical (unpaired) electrons. The molecule has 0 fully saturated rings. The highest BCUT2D eigenvalue weighted by molar-refractivity contribution is 5.84. The second kappa shape index (κ2) is 6.75. The third-order valence-electron chi connectivity index (χ3n) is 4.27. The minimum atomic E-state index is -0.957. The van der Waals surface area contributed by atoms with Crippen LogP contribution >= 0.6 is 0 Å². The normalized spacial score (nSPS) is 12.1. The van der Waals surface area contributed by atoms with Crippen molar-refractivity contribution in [2.24, 2.45) is 0 Å². The number of fused-ring (bicyclic) bond motifs is 1. The summed E-state index contributed by atoms with van der Waals surface area (Å²) in [6, 6.07) is 19.6. The van der Waals surface area contributed by atoms with E-state index < -0.39 is 12.1 Å². The molecule has 3 nitrogen and oxygen atoms in total. The molecule has 0 heterocycles. The van der Waals surface area contributed by atoms with Crippen LogP contribution in [0.3, 0.4) is 0 Å². The molecule has 0 spiro atoms. The largest absolute Gasteiger partial charge is 0.478 e. The molecule has 3 heteroatoms. The van der Waals surface area contributed by atoms with Gasteiger partial charge in [-0.05, 0) is 53.4 Å². The van der Waals surface area contributed by atoms with Crippen molar-refractivity contribution in [3.05, 3.63) is 77.4 Å². The first-order valence-electron chi connectivity index (χ1n) is 7.97. The molecule has 0 aromatic heterocycles. The molecule has 0 bridgehead atoms. The van der Waals surface area contributed by atoms with Crippen molar-refractivity contribution in [3.8, 4) is 5.75 Å². The fourth-order valence-electron chi connectivity index (χ4n) is 2.73. The van der Waals surface area contributed by atoms with Crippen LogP contribution in [0.25, 0.3) is 10.8 Å². The van der Waals surface area contributed by atoms with Crippen molar-refractivity contribution in [1.29, 1.82) is 0 Å². The van der Waals surface area contributed by atoms with Gasteiger partial charge in [-0.2, -0.15) is 0 Å². The molecular formula is C21H20O3. The Hall–Kier alpha value is -2.81. The summed E-state index contributed by atoms with van der Waals surface area (Å²) in [4.78, 5) is 11.6. The van der Waals surface area contributed by atoms with Crippen LogP contribution in [0.1, 0.15) is 16.7 Å². The Morgan fingerprint density at radius 3 is 2.42 bits per heavy atom. The van der Waals surface area contributed by atoms with Crippen molar-refractivity contribution >= 4 is 16.7 Å². The highest BCUT2D eigenvalue weighted by atomic mass is 16.5. The van der Waals surface area contributed by atoms with Gasteiger partial charge >= 0.3 is 5.97 Å². The summed E-state index contributed by atoms with van der Waals surface area (Å²) >= 11 is 0. The van der Waals surface area contributed by atoms with Gasteiger partial charge < -0.3 is 9.84 Å². The molecule has 1 unspecified atom stereocenters. The zero-order valence-electron chi connectivity index (χ0n) is 13.8. The molecule has 122 valence electrons. The lowest BCUT2D eigenvalue weighted by Gasteiger charge is -2.16. The van der Waals surface area contributed by atoms with E-state index >= 15 is 0 Å². The van der Waals surface area contributed by atoms with Crippen LogP contribution < -0.4 is 4.74 Å². The first-order valence-corrected chi connectivity index (χ1v) is 7.97. The maximum Gasteiger partial charge on any atom is 0.345 e. The van der Waals surface area contributed by atoms with Crippen molar-refractivity contribution in [3.63, 3.8) is 0 Å². The smallest absolute Gasteiger partial charge is 0.345 e. The molecule has 0 amide bonds. The van der Waals surface area contributed by atoms with Gasteiger partial charge in [0.25, 0.3) is 0 Å². The molecule has 1 N–H and O–H groups in total. The lowest BCUT2D eigenvalue weighted by Crippen LogP contribution is -2.29. The Labute approximate surface area is 141 Å². The summed E-state index contributed by atoms with van der Waals surface area (Å²) in [5.41, 5.74) is 3.31. The molecule has 1 atom stereocenters. The van der Waals surface area contributed by atoms with Gasteiger partial charge in [0, 0.05) is 6.42 Å². The second-order valence-corrected chi connectivity index (χ2v) is 6.08. The van der Waals surface area contributed by atoms with Crippen molar-refractivity contribution < 1.29 is 14.6 Å². The van der Waals surface area contributed by atoms with E-state index in [9.17, 15) is 9.90 Å². The quantitative estimate of drug-likeness (QED) is 0.751. The third-order valence-corrected chi connectivity index (χ3v) is 4.27. The first-order chi connectivity index (χ1) is 11.5. The van der Waals surface area contributed by atoms with Crippen LogP contribution in [0.15, 0.2) is 60.7 Å². The summed E-state index contributed by atoms with van der Waals surface area (Å²) in [6.45, 7) is 4.07. The van der Waals surface area contributed by atoms with Crippen LogP contribution in [0.4, 0.5) is 0 Å². The van der Waals surface area contributed by atoms with E-state index in [0.717, 1.165) is 21.9 Å². The molecule has 3 aromatic carbocycles. The average Bonchev–Trinajstić information content (AvgIpc) is 2.57. The summed E-state index contributed by atoms with van der Waals surface area (Å²) < 4.78 is 5.76. The van der Waals surface area contributed by atoms with Gasteiger partial charge in [-0.15, -0.1) is 0 Å². The Kier molecular flexibility index (Phi) is 4.52. The highest BCUT2D eigenvalue weighted by Crippen LogP contribution is 2.22. The third kappa shape index (κ3) is 3.57. The van der Waals surface area contributed by atoms with E-state index in [1.165, 1.54) is 5.56 Å². The Morgan fingerprint density at radius 2 is 1.71 bits per heavy atom. The zero-order chi connectivity index (χ0) is 17.1. The van der Waals surface area contributed by atoms with Crippen molar-refractivity contribution in [1.82, 2.24) is 0 Å². The van der Waals surface area contributed by atoms with Crippen molar-refractivity contribution in [2.45, 2.75) is 26.4 Å². The van der Waals surface area contributed by atoms with E-state index in [1.807, 2.05) is 74.5 Å². The number of aliphatic carboxylic acids is 1. The van der Waals surface area contributed by atoms with Gasteiger partial charge in [-0.1, -0.05) is 48.5 Å². The van der Waals surface area contributed by atoms with Gasteiger partial charge in [0.15, 0.2) is 6.10 Å². The van der Waals surface area contributed by atoms with Crippen LogP contribution in [-0.2, 0) is 11.2 Å². The van der Waals surface area contributed by atoms with Gasteiger partial charge in [0.05, 0.1) is 0 Å². The molecule has 3 aromatic rings. The van der Waals surface area contributed by atoms with Crippen LogP contribution in [0, 0.1) is 13.8 Å². The molecule has 0 aliphatic carbocycles. The number of carboxylic acids is 1. The summed E-state index contributed by atoms with van der Waals surface area (Å²) in [6.07, 6.45) is -0.572. The fourth-order valence-corrected chi connectivity index (χ4v) is 2.73. The van der Waals surface area contributed by atoms with Gasteiger partial charge in [-0.3, -0.25) is 0 Å². The average molecular weight is 320 g/mol. The molecule has 0 saturated heterocycles. The summed E-state index contributed by atoms with van der Waals surface area (Å²) in [5, 5.41) is 11.6. The lowest BCUT2D eigenvalue weighted by atomic mass is 10.0. The fraction of sp³-hybridized carbons (Fsp3) is 0.190. The Morgan fingerprint density at radius 1 is 0.958 bits per heavy atom. The second-order valence-electron chi connectivity index (χ2n) is 6.08. The van der Waals surface area contributed by atoms with E-state index in [4.69, 9.17) is 4.74 Å². The monoisotopic (exact) mass is 320 g/mol. The number of hydrogen-bond acceptors (Lipinski definition) is 2. The standard InChI is InChI=1S/C21H20O3/c1-14-7-8-16(11-15(14)2)12-20(21(22)23)24-19-10-9-17-5-3-4-6-18(17)13-19/h3-11,13,20H,12H2,1-2H3,(H,22,23). The van der Waals surface area contributed by atoms with Crippen LogP contribution in [-0.4, -0.2) is 17.2 Å². The predicted octanol–water partition coefficient (Wildman–Crippen LogP) is 4.53. The van der Waals surface area contributed by atoms with Gasteiger partial charge in [-0.25, -0.2) is 4.79 Å². The molecule has 24 heavy (non-hydrogen) atoms. The zero-order valence-corrected chi connectivity index (χ0v) is 13.8. The SMILES string of the molecule is Cc1ccc(CC(Oc2ccc3ccccc3c2)C(=O)O)cc1C. The van der Waals surface area contributed by atoms with Gasteiger partial charge in [0.1, 0.15) is 5.75 Å². The van der Waals surface area contributed by atoms with E-state index in [1.54, 1.807) is 0 Å². The maximum absolute atomic E-state index is 11.6. The number of carboxylic acid groups (broad SMARTS) is 1. The molecule has 0 saturated carbocycles. The summed E-state index contributed by atoms with van der Waals surface area (Å²) in [5.74, 6) is -0.383. The van der Waals surface area contributed by atoms with Crippen molar-refractivity contribution in [2.75, 3.05) is 0 Å². The lowest BCUT2D eigenvalue weighted by molar-refractivity contribution is -0.145. The van der Waals surface area contributed by atoms with E-state index in [2.05, 4.69) is 0 Å². The number of hydrogen-bond donors (Lipinski definition) is 1. The molecule has 3 rings (SSSR count). The van der Waals surface area contributed by atoms with Crippen LogP contribution in [0.5, 0.6) is 5.75 Å². The number of carbonyl (C=O) groups is 1. The number of rotatable bonds is 5. The first kappa shape index (κ1) is 16.1. The molecule has 0 aliphatic heterocycles. The minimum Gasteiger partial charge on any atom is -0.478 e. The molecule has 0 aliphatic rings. The van der Waals surface area contributed by atoms with Crippen LogP contribution in [0.2, 0.25) is 0 Å². The minimum absolute atomic E-state index is 0.337. The number of ether oxygens (including phenoxy) is 1. The summed E-state index contributed by atoms with van der Waals surface area (Å²) in [7, 11) is 0.